The van der Waals surface area contributed by atoms with Crippen molar-refractivity contribution in [3.05, 3.63) is 0 Å². The van der Waals surface area contributed by atoms with E-state index in [4.69, 9.17) is 158 Å². The van der Waals surface area contributed by atoms with E-state index in [0.29, 0.717) is 0 Å². The first-order chi connectivity index (χ1) is 18.0. The van der Waals surface area contributed by atoms with Crippen molar-refractivity contribution in [3.8, 4) is 0 Å². The molecule has 0 aromatic carbocycles. The summed E-state index contributed by atoms with van der Waals surface area (Å²) in [4.78, 5) is 0. The molecular formula is H39N7O36S9. The first-order valence-corrected chi connectivity index (χ1v) is 18.9. The van der Waals surface area contributed by atoms with E-state index >= 15 is 0 Å². The smallest absolute Gasteiger partial charge is 0.344 e. The van der Waals surface area contributed by atoms with E-state index in [1.165, 1.54) is 0 Å². The lowest BCUT2D eigenvalue weighted by Crippen LogP contribution is -1.89. The van der Waals surface area contributed by atoms with Gasteiger partial charge < -0.3 is 43.1 Å². The second-order valence-electron chi connectivity index (χ2n) is 4.03. The van der Waals surface area contributed by atoms with Crippen LogP contribution in [0.3, 0.4) is 0 Å². The van der Waals surface area contributed by atoms with Crippen molar-refractivity contribution in [1.29, 1.82) is 0 Å². The second-order valence-corrected chi connectivity index (χ2v) is 12.1. The van der Waals surface area contributed by atoms with Gasteiger partial charge in [0, 0.05) is 0 Å². The Hall–Kier alpha value is -1.45. The Labute approximate surface area is 293 Å². The van der Waals surface area contributed by atoms with Gasteiger partial charge in [0.05, 0.1) is 0 Å². The Bertz CT molecular complexity index is 1240. The van der Waals surface area contributed by atoms with E-state index in [0.717, 1.165) is 0 Å². The maximum atomic E-state index is 8.74. The Kier molecular flexibility index (Phi) is 84.6. The third-order valence-corrected chi connectivity index (χ3v) is 0. The third-order valence-electron chi connectivity index (χ3n) is 0. The molecule has 0 aromatic rings. The summed E-state index contributed by atoms with van der Waals surface area (Å²) in [5.41, 5.74) is 0. The van der Waals surface area contributed by atoms with Gasteiger partial charge in [-0.2, -0.15) is 75.8 Å². The zero-order chi connectivity index (χ0) is 40.5. The summed E-state index contributed by atoms with van der Waals surface area (Å²) in [6.07, 6.45) is 0. The van der Waals surface area contributed by atoms with Crippen LogP contribution in [0.15, 0.2) is 0 Å². The lowest BCUT2D eigenvalue weighted by molar-refractivity contribution is 0.378. The van der Waals surface area contributed by atoms with Crippen molar-refractivity contribution in [2.24, 2.45) is 0 Å². The molecule has 0 heterocycles. The van der Waals surface area contributed by atoms with E-state index in [1.807, 2.05) is 0 Å². The number of rotatable bonds is 0. The minimum absolute atomic E-state index is 0. The second kappa shape index (κ2) is 42.3. The van der Waals surface area contributed by atoms with Gasteiger partial charge in [-0.25, -0.2) is 0 Å². The summed E-state index contributed by atoms with van der Waals surface area (Å²) in [5, 5.41) is 0. The average Bonchev–Trinajstić information content (AvgIpc) is 2.26. The van der Waals surface area contributed by atoms with Crippen LogP contribution in [0.25, 0.3) is 0 Å². The lowest BCUT2D eigenvalue weighted by atomic mass is 14.0. The summed E-state index contributed by atoms with van der Waals surface area (Å²) in [5.74, 6) is 0. The maximum Gasteiger partial charge on any atom is 0.394 e. The summed E-state index contributed by atoms with van der Waals surface area (Å²) < 4.78 is 284. The predicted molar refractivity (Wildman–Crippen MR) is 163 cm³/mol. The molecule has 0 aliphatic rings. The van der Waals surface area contributed by atoms with Crippen molar-refractivity contribution in [2.45, 2.75) is 0 Å². The Morgan fingerprint density at radius 1 is 0.135 bits per heavy atom. The van der Waals surface area contributed by atoms with Crippen molar-refractivity contribution in [3.63, 3.8) is 0 Å². The molecule has 0 unspecified atom stereocenters. The molecule has 43 nitrogen and oxygen atoms in total. The standard InChI is InChI=1S/7H3N.9H2O4S/c;;;;;;;9*1-5(2,3)4/h7*1H3;9*(H2,1,2,3,4). The van der Waals surface area contributed by atoms with Gasteiger partial charge in [-0.05, 0) is 0 Å². The number of hydrogen-bond acceptors (Lipinski definition) is 25. The highest BCUT2D eigenvalue weighted by Crippen LogP contribution is 1.62. The first-order valence-electron chi connectivity index (χ1n) is 6.29. The van der Waals surface area contributed by atoms with Gasteiger partial charge in [0.1, 0.15) is 0 Å². The van der Waals surface area contributed by atoms with Crippen LogP contribution in [0.4, 0.5) is 0 Å². The fourth-order valence-corrected chi connectivity index (χ4v) is 0. The molecule has 39 N–H and O–H groups in total. The van der Waals surface area contributed by atoms with Crippen LogP contribution < -0.4 is 43.1 Å². The molecule has 0 radical (unpaired) electrons. The van der Waals surface area contributed by atoms with Crippen LogP contribution in [-0.4, -0.2) is 158 Å². The topological polar surface area (TPSA) is 916 Å². The van der Waals surface area contributed by atoms with E-state index in [9.17, 15) is 0 Å². The zero-order valence-electron chi connectivity index (χ0n) is 24.0. The van der Waals surface area contributed by atoms with E-state index in [2.05, 4.69) is 0 Å². The fraction of sp³-hybridized carbons (Fsp3) is 0. The highest BCUT2D eigenvalue weighted by atomic mass is 32.3. The Morgan fingerprint density at radius 3 is 0.135 bits per heavy atom. The summed E-state index contributed by atoms with van der Waals surface area (Å²) >= 11 is 0. The molecule has 0 spiro atoms. The van der Waals surface area contributed by atoms with Crippen molar-refractivity contribution in [2.75, 3.05) is 0 Å². The molecule has 344 valence electrons. The molecule has 0 aliphatic carbocycles. The molecule has 52 heavy (non-hydrogen) atoms. The highest BCUT2D eigenvalue weighted by Gasteiger charge is 1.88. The van der Waals surface area contributed by atoms with Gasteiger partial charge in [0.15, 0.2) is 0 Å². The van der Waals surface area contributed by atoms with E-state index in [1.54, 1.807) is 0 Å². The Morgan fingerprint density at radius 2 is 0.135 bits per heavy atom. The average molecular weight is 1000 g/mol. The van der Waals surface area contributed by atoms with Gasteiger partial charge in [-0.3, -0.25) is 81.9 Å². The predicted octanol–water partition coefficient (Wildman–Crippen LogP) is -4.74. The van der Waals surface area contributed by atoms with Crippen molar-refractivity contribution >= 4 is 93.6 Å². The third kappa shape index (κ3) is 52200. The number of hydrogen-bond donors (Lipinski definition) is 25. The molecule has 0 bridgehead atoms. The van der Waals surface area contributed by atoms with Crippen LogP contribution in [0.1, 0.15) is 0 Å². The SMILES string of the molecule is N.N.N.N.N.N.N.O=S(=O)(O)O.O=S(=O)(O)O.O=S(=O)(O)O.O=S(=O)(O)O.O=S(=O)(O)O.O=S(=O)(O)O.O=S(=O)(O)O.O=S(=O)(O)O.O=S(=O)(O)O. The van der Waals surface area contributed by atoms with Crippen LogP contribution in [-0.2, 0) is 93.6 Å². The molecule has 52 heteroatoms. The van der Waals surface area contributed by atoms with Gasteiger partial charge in [-0.1, -0.05) is 0 Å². The van der Waals surface area contributed by atoms with Gasteiger partial charge in [0.2, 0.25) is 0 Å². The first kappa shape index (κ1) is 104. The summed E-state index contributed by atoms with van der Waals surface area (Å²) in [7, 11) is -42.0. The fourth-order valence-electron chi connectivity index (χ4n) is 0. The van der Waals surface area contributed by atoms with Crippen molar-refractivity contribution < 1.29 is 158 Å². The molecular weight excluding hydrogens is 963 g/mol. The highest BCUT2D eigenvalue weighted by molar-refractivity contribution is 7.81. The summed E-state index contributed by atoms with van der Waals surface area (Å²) in [6, 6.07) is 0. The molecule has 0 saturated heterocycles. The monoisotopic (exact) mass is 1000 g/mol. The van der Waals surface area contributed by atoms with Gasteiger partial charge in [-0.15, -0.1) is 0 Å². The molecule has 0 atom stereocenters. The molecule has 0 aliphatic heterocycles. The van der Waals surface area contributed by atoms with Crippen LogP contribution in [0.2, 0.25) is 0 Å². The Balaban J connectivity index is -0.0000000197. The van der Waals surface area contributed by atoms with Crippen LogP contribution >= 0.6 is 0 Å². The largest absolute Gasteiger partial charge is 0.394 e. The molecule has 0 aromatic heterocycles. The molecule has 0 rings (SSSR count). The molecule has 0 saturated carbocycles. The lowest BCUT2D eigenvalue weighted by Gasteiger charge is -1.68. The maximum absolute atomic E-state index is 8.74. The molecule has 0 amide bonds. The van der Waals surface area contributed by atoms with Crippen LogP contribution in [0.5, 0.6) is 0 Å². The zero-order valence-corrected chi connectivity index (χ0v) is 31.4. The summed E-state index contributed by atoms with van der Waals surface area (Å²) in [6.45, 7) is 0. The van der Waals surface area contributed by atoms with E-state index in [-0.39, 0.29) is 43.1 Å². The minimum atomic E-state index is -4.67. The quantitative estimate of drug-likeness (QED) is 0.101. The van der Waals surface area contributed by atoms with Crippen LogP contribution in [0, 0.1) is 0 Å². The van der Waals surface area contributed by atoms with Crippen molar-refractivity contribution in [1.82, 2.24) is 43.1 Å². The van der Waals surface area contributed by atoms with E-state index < -0.39 is 93.6 Å². The van der Waals surface area contributed by atoms with Gasteiger partial charge >= 0.3 is 93.6 Å². The molecule has 0 fully saturated rings. The van der Waals surface area contributed by atoms with Gasteiger partial charge in [0.25, 0.3) is 0 Å². The minimum Gasteiger partial charge on any atom is -0.344 e. The normalized spacial score (nSPS) is 10.0.